The molecule has 0 aliphatic rings. The Morgan fingerprint density at radius 3 is 2.36 bits per heavy atom. The highest BCUT2D eigenvalue weighted by Crippen LogP contribution is 2.20. The number of rotatable bonds is 2. The second-order valence-electron chi connectivity index (χ2n) is 2.15. The van der Waals surface area contributed by atoms with Crippen LogP contribution >= 0.6 is 34.5 Å². The summed E-state index contributed by atoms with van der Waals surface area (Å²) in [5.41, 5.74) is 1.19. The van der Waals surface area contributed by atoms with Crippen LogP contribution in [-0.4, -0.2) is 6.54 Å². The first kappa shape index (κ1) is 9.13. The summed E-state index contributed by atoms with van der Waals surface area (Å²) in [5, 5.41) is 0.787. The van der Waals surface area contributed by atoms with Crippen LogP contribution < -0.4 is 3.11 Å². The predicted octanol–water partition coefficient (Wildman–Crippen LogP) is 3.52. The fourth-order valence-corrected chi connectivity index (χ4v) is 1.23. The first-order valence-corrected chi connectivity index (χ1v) is 4.77. The minimum absolute atomic E-state index is 0.787. The molecule has 0 heterocycles. The Balaban J connectivity index is 2.81. The van der Waals surface area contributed by atoms with Gasteiger partial charge in [-0.1, -0.05) is 11.6 Å². The van der Waals surface area contributed by atoms with Crippen molar-refractivity contribution in [1.29, 1.82) is 0 Å². The minimum atomic E-state index is 0.787. The van der Waals surface area contributed by atoms with Crippen LogP contribution in [-0.2, 0) is 0 Å². The van der Waals surface area contributed by atoms with Gasteiger partial charge in [0.1, 0.15) is 0 Å². The van der Waals surface area contributed by atoms with Gasteiger partial charge in [0.25, 0.3) is 0 Å². The minimum Gasteiger partial charge on any atom is -0.315 e. The summed E-state index contributed by atoms with van der Waals surface area (Å²) in [4.78, 5) is 0. The van der Waals surface area contributed by atoms with Crippen LogP contribution in [0.25, 0.3) is 0 Å². The molecular formula is C8H9ClIN. The molecule has 0 amide bonds. The molecule has 1 aromatic rings. The molecule has 1 aromatic carbocycles. The lowest BCUT2D eigenvalue weighted by Gasteiger charge is -2.13. The van der Waals surface area contributed by atoms with Crippen LogP contribution in [0.3, 0.4) is 0 Å². The number of halogens is 2. The first-order valence-electron chi connectivity index (χ1n) is 3.43. The van der Waals surface area contributed by atoms with Crippen LogP contribution in [0.2, 0.25) is 5.02 Å². The highest BCUT2D eigenvalue weighted by molar-refractivity contribution is 14.1. The van der Waals surface area contributed by atoms with Gasteiger partial charge in [-0.2, -0.15) is 0 Å². The molecule has 0 unspecified atom stereocenters. The molecule has 11 heavy (non-hydrogen) atoms. The van der Waals surface area contributed by atoms with Crippen LogP contribution in [0.15, 0.2) is 24.3 Å². The summed E-state index contributed by atoms with van der Waals surface area (Å²) in [5.74, 6) is 0. The van der Waals surface area contributed by atoms with Crippen molar-refractivity contribution < 1.29 is 0 Å². The van der Waals surface area contributed by atoms with Crippen molar-refractivity contribution in [1.82, 2.24) is 0 Å². The lowest BCUT2D eigenvalue weighted by atomic mass is 10.3. The fraction of sp³-hybridized carbons (Fsp3) is 0.250. The van der Waals surface area contributed by atoms with Gasteiger partial charge in [-0.05, 0) is 31.2 Å². The average molecular weight is 282 g/mol. The quantitative estimate of drug-likeness (QED) is 0.592. The molecule has 0 atom stereocenters. The maximum Gasteiger partial charge on any atom is 0.0591 e. The summed E-state index contributed by atoms with van der Waals surface area (Å²) < 4.78 is 2.13. The molecule has 0 radical (unpaired) electrons. The van der Waals surface area contributed by atoms with E-state index in [-0.39, 0.29) is 0 Å². The number of hydrogen-bond acceptors (Lipinski definition) is 1. The number of anilines is 1. The van der Waals surface area contributed by atoms with Gasteiger partial charge in [-0.25, -0.2) is 0 Å². The van der Waals surface area contributed by atoms with Gasteiger partial charge in [0.15, 0.2) is 0 Å². The smallest absolute Gasteiger partial charge is 0.0591 e. The predicted molar refractivity (Wildman–Crippen MR) is 58.5 cm³/mol. The molecule has 0 aliphatic carbocycles. The molecule has 0 bridgehead atoms. The molecule has 3 heteroatoms. The third-order valence-electron chi connectivity index (χ3n) is 1.38. The van der Waals surface area contributed by atoms with Crippen molar-refractivity contribution in [2.75, 3.05) is 9.66 Å². The zero-order chi connectivity index (χ0) is 8.27. The number of hydrogen-bond donors (Lipinski definition) is 0. The van der Waals surface area contributed by atoms with Gasteiger partial charge in [0.2, 0.25) is 0 Å². The molecule has 1 rings (SSSR count). The summed E-state index contributed by atoms with van der Waals surface area (Å²) >= 11 is 8.01. The Hall–Kier alpha value is 0.0400. The topological polar surface area (TPSA) is 3.24 Å². The van der Waals surface area contributed by atoms with E-state index in [4.69, 9.17) is 11.6 Å². The molecule has 0 N–H and O–H groups in total. The summed E-state index contributed by atoms with van der Waals surface area (Å²) in [6, 6.07) is 7.83. The van der Waals surface area contributed by atoms with Crippen LogP contribution in [0.5, 0.6) is 0 Å². The third-order valence-corrected chi connectivity index (χ3v) is 2.88. The Kier molecular flexibility index (Phi) is 3.45. The lowest BCUT2D eigenvalue weighted by molar-refractivity contribution is 1.14. The van der Waals surface area contributed by atoms with E-state index in [1.807, 2.05) is 24.3 Å². The van der Waals surface area contributed by atoms with E-state index in [1.165, 1.54) is 5.69 Å². The Labute approximate surface area is 85.8 Å². The fourth-order valence-electron chi connectivity index (χ4n) is 0.785. The molecule has 1 nitrogen and oxygen atoms in total. The largest absolute Gasteiger partial charge is 0.315 e. The summed E-state index contributed by atoms with van der Waals surface area (Å²) in [6.07, 6.45) is 0. The Morgan fingerprint density at radius 2 is 1.91 bits per heavy atom. The van der Waals surface area contributed by atoms with Gasteiger partial charge in [-0.15, -0.1) is 0 Å². The molecule has 0 saturated heterocycles. The summed E-state index contributed by atoms with van der Waals surface area (Å²) in [7, 11) is 0. The van der Waals surface area contributed by atoms with Gasteiger partial charge in [0, 0.05) is 17.3 Å². The normalized spacial score (nSPS) is 9.73. The Morgan fingerprint density at radius 1 is 1.36 bits per heavy atom. The average Bonchev–Trinajstić information content (AvgIpc) is 2.05. The SMILES string of the molecule is CCN(I)c1ccc(Cl)cc1. The number of benzene rings is 1. The second kappa shape index (κ2) is 4.16. The first-order chi connectivity index (χ1) is 5.24. The van der Waals surface area contributed by atoms with E-state index >= 15 is 0 Å². The zero-order valence-electron chi connectivity index (χ0n) is 6.22. The van der Waals surface area contributed by atoms with E-state index < -0.39 is 0 Å². The van der Waals surface area contributed by atoms with Gasteiger partial charge in [-0.3, -0.25) is 0 Å². The van der Waals surface area contributed by atoms with E-state index in [0.29, 0.717) is 0 Å². The molecule has 0 spiro atoms. The van der Waals surface area contributed by atoms with Gasteiger partial charge in [0.05, 0.1) is 22.9 Å². The highest BCUT2D eigenvalue weighted by atomic mass is 127. The highest BCUT2D eigenvalue weighted by Gasteiger charge is 1.97. The van der Waals surface area contributed by atoms with E-state index in [2.05, 4.69) is 32.9 Å². The van der Waals surface area contributed by atoms with Gasteiger partial charge >= 0.3 is 0 Å². The monoisotopic (exact) mass is 281 g/mol. The van der Waals surface area contributed by atoms with Gasteiger partial charge < -0.3 is 3.11 Å². The van der Waals surface area contributed by atoms with E-state index in [0.717, 1.165) is 11.6 Å². The van der Waals surface area contributed by atoms with Crippen molar-refractivity contribution >= 4 is 40.2 Å². The summed E-state index contributed by atoms with van der Waals surface area (Å²) in [6.45, 7) is 3.11. The van der Waals surface area contributed by atoms with Crippen LogP contribution in [0, 0.1) is 0 Å². The standard InChI is InChI=1S/C8H9ClIN/c1-2-11(10)8-5-3-7(9)4-6-8/h3-6H,2H2,1H3. The number of nitrogens with zero attached hydrogens (tertiary/aromatic N) is 1. The second-order valence-corrected chi connectivity index (χ2v) is 3.76. The molecule has 0 fully saturated rings. The van der Waals surface area contributed by atoms with Crippen molar-refractivity contribution in [2.24, 2.45) is 0 Å². The molecule has 0 saturated carbocycles. The third kappa shape index (κ3) is 2.52. The lowest BCUT2D eigenvalue weighted by Crippen LogP contribution is -2.06. The van der Waals surface area contributed by atoms with Crippen LogP contribution in [0.4, 0.5) is 5.69 Å². The molecular weight excluding hydrogens is 272 g/mol. The molecule has 60 valence electrons. The Bertz CT molecular complexity index is 222. The molecule has 0 aliphatic heterocycles. The van der Waals surface area contributed by atoms with E-state index in [1.54, 1.807) is 0 Å². The van der Waals surface area contributed by atoms with Crippen molar-refractivity contribution in [2.45, 2.75) is 6.92 Å². The van der Waals surface area contributed by atoms with Crippen LogP contribution in [0.1, 0.15) is 6.92 Å². The van der Waals surface area contributed by atoms with Crippen molar-refractivity contribution in [3.05, 3.63) is 29.3 Å². The zero-order valence-corrected chi connectivity index (χ0v) is 9.13. The van der Waals surface area contributed by atoms with Crippen molar-refractivity contribution in [3.63, 3.8) is 0 Å². The van der Waals surface area contributed by atoms with E-state index in [9.17, 15) is 0 Å². The molecule has 0 aromatic heterocycles. The maximum absolute atomic E-state index is 5.74. The van der Waals surface area contributed by atoms with Crippen molar-refractivity contribution in [3.8, 4) is 0 Å². The maximum atomic E-state index is 5.74.